The lowest BCUT2D eigenvalue weighted by Gasteiger charge is -2.29. The molecule has 5 heteroatoms. The third-order valence-electron chi connectivity index (χ3n) is 3.48. The first-order chi connectivity index (χ1) is 9.19. The minimum atomic E-state index is -0.201. The van der Waals surface area contributed by atoms with Crippen LogP contribution in [0, 0.1) is 0 Å². The summed E-state index contributed by atoms with van der Waals surface area (Å²) in [5, 5.41) is 5.74. The molecular formula is C14H21N3O2. The number of methoxy groups -OCH3 is 1. The molecule has 0 heterocycles. The Morgan fingerprint density at radius 2 is 1.95 bits per heavy atom. The zero-order valence-electron chi connectivity index (χ0n) is 11.2. The lowest BCUT2D eigenvalue weighted by Crippen LogP contribution is -2.50. The molecular weight excluding hydrogens is 242 g/mol. The number of carbonyl (C=O) groups is 1. The fourth-order valence-corrected chi connectivity index (χ4v) is 2.35. The van der Waals surface area contributed by atoms with Gasteiger partial charge in [-0.15, -0.1) is 0 Å². The topological polar surface area (TPSA) is 76.4 Å². The largest absolute Gasteiger partial charge is 0.497 e. The molecule has 19 heavy (non-hydrogen) atoms. The highest BCUT2D eigenvalue weighted by Crippen LogP contribution is 2.18. The number of hydrogen-bond acceptors (Lipinski definition) is 3. The summed E-state index contributed by atoms with van der Waals surface area (Å²) >= 11 is 0. The summed E-state index contributed by atoms with van der Waals surface area (Å²) in [5.41, 5.74) is 6.74. The highest BCUT2D eigenvalue weighted by Gasteiger charge is 2.23. The lowest BCUT2D eigenvalue weighted by atomic mass is 9.91. The second kappa shape index (κ2) is 6.43. The fraction of sp³-hybridized carbons (Fsp3) is 0.500. The standard InChI is InChI=1S/C14H21N3O2/c1-19-11-8-6-10(7-9-11)16-14(18)17-13-5-3-2-4-12(13)15/h6-9,12-13H,2-5,15H2,1H3,(H2,16,17,18)/t12?,13-/m0/s1. The van der Waals surface area contributed by atoms with Gasteiger partial charge in [0.1, 0.15) is 5.75 Å². The van der Waals surface area contributed by atoms with Gasteiger partial charge in [0.15, 0.2) is 0 Å². The van der Waals surface area contributed by atoms with E-state index in [9.17, 15) is 4.79 Å². The first-order valence-electron chi connectivity index (χ1n) is 6.66. The van der Waals surface area contributed by atoms with Gasteiger partial charge in [-0.3, -0.25) is 0 Å². The van der Waals surface area contributed by atoms with Gasteiger partial charge < -0.3 is 21.1 Å². The van der Waals surface area contributed by atoms with Gasteiger partial charge in [0.2, 0.25) is 0 Å². The number of urea groups is 1. The molecule has 4 N–H and O–H groups in total. The van der Waals surface area contributed by atoms with E-state index >= 15 is 0 Å². The van der Waals surface area contributed by atoms with Crippen LogP contribution in [-0.2, 0) is 0 Å². The number of rotatable bonds is 3. The van der Waals surface area contributed by atoms with Crippen LogP contribution in [0.25, 0.3) is 0 Å². The fourth-order valence-electron chi connectivity index (χ4n) is 2.35. The van der Waals surface area contributed by atoms with Crippen molar-refractivity contribution in [2.24, 2.45) is 5.73 Å². The SMILES string of the molecule is COc1ccc(NC(=O)N[C@H]2CCCCC2N)cc1. The van der Waals surface area contributed by atoms with E-state index in [4.69, 9.17) is 10.5 Å². The first-order valence-corrected chi connectivity index (χ1v) is 6.66. The molecule has 1 saturated carbocycles. The molecule has 2 atom stereocenters. The summed E-state index contributed by atoms with van der Waals surface area (Å²) in [6.45, 7) is 0. The second-order valence-corrected chi connectivity index (χ2v) is 4.88. The third kappa shape index (κ3) is 3.86. The Morgan fingerprint density at radius 3 is 2.58 bits per heavy atom. The van der Waals surface area contributed by atoms with Crippen molar-refractivity contribution in [2.45, 2.75) is 37.8 Å². The normalized spacial score (nSPS) is 22.6. The zero-order valence-corrected chi connectivity index (χ0v) is 11.2. The van der Waals surface area contributed by atoms with Crippen molar-refractivity contribution in [2.75, 3.05) is 12.4 Å². The van der Waals surface area contributed by atoms with E-state index in [-0.39, 0.29) is 18.1 Å². The quantitative estimate of drug-likeness (QED) is 0.781. The number of nitrogens with two attached hydrogens (primary N) is 1. The van der Waals surface area contributed by atoms with E-state index in [0.717, 1.165) is 37.1 Å². The van der Waals surface area contributed by atoms with Gasteiger partial charge in [-0.25, -0.2) is 4.79 Å². The average molecular weight is 263 g/mol. The molecule has 1 unspecified atom stereocenters. The van der Waals surface area contributed by atoms with Gasteiger partial charge >= 0.3 is 6.03 Å². The van der Waals surface area contributed by atoms with E-state index in [1.165, 1.54) is 0 Å². The van der Waals surface area contributed by atoms with Crippen molar-refractivity contribution in [1.29, 1.82) is 0 Å². The molecule has 2 rings (SSSR count). The Bertz CT molecular complexity index is 419. The zero-order chi connectivity index (χ0) is 13.7. The Hall–Kier alpha value is -1.75. The van der Waals surface area contributed by atoms with Gasteiger partial charge in [0.25, 0.3) is 0 Å². The van der Waals surface area contributed by atoms with E-state index in [1.807, 2.05) is 12.1 Å². The molecule has 1 aromatic carbocycles. The highest BCUT2D eigenvalue weighted by atomic mass is 16.5. The minimum absolute atomic E-state index is 0.0652. The molecule has 0 spiro atoms. The van der Waals surface area contributed by atoms with E-state index in [2.05, 4.69) is 10.6 Å². The van der Waals surface area contributed by atoms with Crippen LogP contribution in [0.15, 0.2) is 24.3 Å². The molecule has 1 fully saturated rings. The monoisotopic (exact) mass is 263 g/mol. The van der Waals surface area contributed by atoms with Crippen LogP contribution in [0.1, 0.15) is 25.7 Å². The Kier molecular flexibility index (Phi) is 4.63. The van der Waals surface area contributed by atoms with Crippen LogP contribution in [0.2, 0.25) is 0 Å². The van der Waals surface area contributed by atoms with E-state index in [0.29, 0.717) is 0 Å². The summed E-state index contributed by atoms with van der Waals surface area (Å²) in [6.07, 6.45) is 4.21. The molecule has 0 radical (unpaired) electrons. The van der Waals surface area contributed by atoms with E-state index < -0.39 is 0 Å². The number of benzene rings is 1. The molecule has 0 saturated heterocycles. The smallest absolute Gasteiger partial charge is 0.319 e. The maximum Gasteiger partial charge on any atom is 0.319 e. The van der Waals surface area contributed by atoms with Crippen molar-refractivity contribution in [3.05, 3.63) is 24.3 Å². The molecule has 104 valence electrons. The van der Waals surface area contributed by atoms with Gasteiger partial charge in [-0.1, -0.05) is 12.8 Å². The number of ether oxygens (including phenoxy) is 1. The Labute approximate surface area is 113 Å². The predicted molar refractivity (Wildman–Crippen MR) is 75.4 cm³/mol. The second-order valence-electron chi connectivity index (χ2n) is 4.88. The number of hydrogen-bond donors (Lipinski definition) is 3. The molecule has 2 amide bonds. The summed E-state index contributed by atoms with van der Waals surface area (Å²) < 4.78 is 5.06. The van der Waals surface area contributed by atoms with Crippen LogP contribution < -0.4 is 21.1 Å². The van der Waals surface area contributed by atoms with Crippen molar-refractivity contribution < 1.29 is 9.53 Å². The Morgan fingerprint density at radius 1 is 1.26 bits per heavy atom. The van der Waals surface area contributed by atoms with Gasteiger partial charge in [-0.05, 0) is 37.1 Å². The highest BCUT2D eigenvalue weighted by molar-refractivity contribution is 5.89. The molecule has 0 bridgehead atoms. The van der Waals surface area contributed by atoms with Crippen molar-refractivity contribution in [3.63, 3.8) is 0 Å². The lowest BCUT2D eigenvalue weighted by molar-refractivity contribution is 0.240. The minimum Gasteiger partial charge on any atom is -0.497 e. The average Bonchev–Trinajstić information content (AvgIpc) is 2.42. The molecule has 5 nitrogen and oxygen atoms in total. The third-order valence-corrected chi connectivity index (χ3v) is 3.48. The van der Waals surface area contributed by atoms with Crippen LogP contribution in [-0.4, -0.2) is 25.2 Å². The molecule has 1 aliphatic carbocycles. The summed E-state index contributed by atoms with van der Waals surface area (Å²) in [7, 11) is 1.61. The molecule has 1 aliphatic rings. The maximum absolute atomic E-state index is 11.9. The first kappa shape index (κ1) is 13.7. The molecule has 0 aromatic heterocycles. The number of anilines is 1. The number of carbonyl (C=O) groups excluding carboxylic acids is 1. The summed E-state index contributed by atoms with van der Waals surface area (Å²) in [4.78, 5) is 11.9. The van der Waals surface area contributed by atoms with Crippen molar-refractivity contribution in [3.8, 4) is 5.75 Å². The van der Waals surface area contributed by atoms with Crippen molar-refractivity contribution in [1.82, 2.24) is 5.32 Å². The van der Waals surface area contributed by atoms with Crippen LogP contribution >= 0.6 is 0 Å². The Balaban J connectivity index is 1.86. The van der Waals surface area contributed by atoms with Gasteiger partial charge in [0, 0.05) is 17.8 Å². The van der Waals surface area contributed by atoms with E-state index in [1.54, 1.807) is 19.2 Å². The van der Waals surface area contributed by atoms with Crippen LogP contribution in [0.5, 0.6) is 5.75 Å². The number of amides is 2. The molecule has 1 aromatic rings. The van der Waals surface area contributed by atoms with Crippen LogP contribution in [0.3, 0.4) is 0 Å². The van der Waals surface area contributed by atoms with Gasteiger partial charge in [-0.2, -0.15) is 0 Å². The molecule has 0 aliphatic heterocycles. The van der Waals surface area contributed by atoms with Crippen molar-refractivity contribution >= 4 is 11.7 Å². The van der Waals surface area contributed by atoms with Gasteiger partial charge in [0.05, 0.1) is 7.11 Å². The number of nitrogens with one attached hydrogen (secondary N) is 2. The maximum atomic E-state index is 11.9. The summed E-state index contributed by atoms with van der Waals surface area (Å²) in [6, 6.07) is 7.16. The predicted octanol–water partition coefficient (Wildman–Crippen LogP) is 2.09. The summed E-state index contributed by atoms with van der Waals surface area (Å²) in [5.74, 6) is 0.764. The van der Waals surface area contributed by atoms with Crippen LogP contribution in [0.4, 0.5) is 10.5 Å².